The number of nitrogens with zero attached hydrogens (tertiary/aromatic N) is 1. The van der Waals surface area contributed by atoms with Crippen molar-refractivity contribution in [2.45, 2.75) is 6.42 Å². The van der Waals surface area contributed by atoms with Crippen LogP contribution in [-0.2, 0) is 9.53 Å². The highest BCUT2D eigenvalue weighted by atomic mass is 35.5. The molecule has 0 heterocycles. The number of ether oxygens (including phenoxy) is 2. The molecule has 17 heavy (non-hydrogen) atoms. The zero-order chi connectivity index (χ0) is 12.8. The third kappa shape index (κ3) is 3.92. The van der Waals surface area contributed by atoms with Crippen LogP contribution in [0.15, 0.2) is 18.2 Å². The molecule has 7 heteroatoms. The largest absolute Gasteiger partial charge is 0.486 e. The summed E-state index contributed by atoms with van der Waals surface area (Å²) in [5.74, 6) is -0.370. The first-order valence-electron chi connectivity index (χ1n) is 4.68. The van der Waals surface area contributed by atoms with E-state index in [2.05, 4.69) is 4.74 Å². The van der Waals surface area contributed by atoms with Gasteiger partial charge in [0.05, 0.1) is 25.1 Å². The zero-order valence-corrected chi connectivity index (χ0v) is 9.77. The molecule has 0 atom stereocenters. The van der Waals surface area contributed by atoms with Gasteiger partial charge in [0.2, 0.25) is 0 Å². The van der Waals surface area contributed by atoms with E-state index < -0.39 is 10.9 Å². The number of methoxy groups -OCH3 is 1. The lowest BCUT2D eigenvalue weighted by atomic mass is 10.3. The number of benzene rings is 1. The molecule has 1 aromatic carbocycles. The number of hydrogen-bond donors (Lipinski definition) is 0. The summed E-state index contributed by atoms with van der Waals surface area (Å²) < 4.78 is 9.54. The maximum atomic E-state index is 10.8. The Labute approximate surface area is 102 Å². The molecule has 0 fully saturated rings. The molecule has 6 nitrogen and oxygen atoms in total. The SMILES string of the molecule is COC(=O)CCOc1ccc(Cl)cc1[N+](=O)[O-]. The summed E-state index contributed by atoms with van der Waals surface area (Å²) in [6, 6.07) is 4.05. The van der Waals surface area contributed by atoms with Crippen LogP contribution in [0.2, 0.25) is 5.02 Å². The van der Waals surface area contributed by atoms with Gasteiger partial charge in [-0.05, 0) is 12.1 Å². The Morgan fingerprint density at radius 2 is 2.24 bits per heavy atom. The van der Waals surface area contributed by atoms with E-state index in [4.69, 9.17) is 16.3 Å². The molecular weight excluding hydrogens is 250 g/mol. The van der Waals surface area contributed by atoms with Crippen molar-refractivity contribution in [1.82, 2.24) is 0 Å². The van der Waals surface area contributed by atoms with Gasteiger partial charge >= 0.3 is 11.7 Å². The minimum absolute atomic E-state index is 0.00907. The molecule has 0 amide bonds. The fourth-order valence-electron chi connectivity index (χ4n) is 1.10. The predicted octanol–water partition coefficient (Wildman–Crippen LogP) is 2.19. The van der Waals surface area contributed by atoms with E-state index in [1.165, 1.54) is 25.3 Å². The molecule has 0 N–H and O–H groups in total. The first-order valence-corrected chi connectivity index (χ1v) is 5.06. The molecule has 0 unspecified atom stereocenters. The molecular formula is C10H10ClNO5. The van der Waals surface area contributed by atoms with Gasteiger partial charge in [-0.2, -0.15) is 0 Å². The van der Waals surface area contributed by atoms with Crippen LogP contribution in [0.4, 0.5) is 5.69 Å². The Kier molecular flexibility index (Phi) is 4.71. The van der Waals surface area contributed by atoms with Gasteiger partial charge in [0.25, 0.3) is 0 Å². The van der Waals surface area contributed by atoms with E-state index in [1.54, 1.807) is 0 Å². The Morgan fingerprint density at radius 3 is 2.82 bits per heavy atom. The smallest absolute Gasteiger partial charge is 0.312 e. The second-order valence-electron chi connectivity index (χ2n) is 3.04. The number of carbonyl (C=O) groups excluding carboxylic acids is 1. The first-order chi connectivity index (χ1) is 8.04. The molecule has 0 radical (unpaired) electrons. The Bertz CT molecular complexity index is 435. The monoisotopic (exact) mass is 259 g/mol. The van der Waals surface area contributed by atoms with Crippen molar-refractivity contribution in [2.75, 3.05) is 13.7 Å². The van der Waals surface area contributed by atoms with Crippen LogP contribution >= 0.6 is 11.6 Å². The number of halogens is 1. The van der Waals surface area contributed by atoms with Crippen molar-refractivity contribution < 1.29 is 19.2 Å². The third-order valence-corrected chi connectivity index (χ3v) is 2.14. The lowest BCUT2D eigenvalue weighted by Gasteiger charge is -2.06. The molecule has 0 aromatic heterocycles. The Morgan fingerprint density at radius 1 is 1.53 bits per heavy atom. The Hall–Kier alpha value is -1.82. The fraction of sp³-hybridized carbons (Fsp3) is 0.300. The Balaban J connectivity index is 2.70. The van der Waals surface area contributed by atoms with Gasteiger partial charge in [0.1, 0.15) is 0 Å². The van der Waals surface area contributed by atoms with Gasteiger partial charge in [-0.3, -0.25) is 14.9 Å². The second kappa shape index (κ2) is 6.05. The maximum Gasteiger partial charge on any atom is 0.312 e. The summed E-state index contributed by atoms with van der Waals surface area (Å²) >= 11 is 5.63. The van der Waals surface area contributed by atoms with Crippen LogP contribution in [0.25, 0.3) is 0 Å². The molecule has 0 saturated carbocycles. The van der Waals surface area contributed by atoms with E-state index in [1.807, 2.05) is 0 Å². The van der Waals surface area contributed by atoms with Crippen molar-refractivity contribution in [2.24, 2.45) is 0 Å². The molecule has 0 aliphatic carbocycles. The number of nitro groups is 1. The van der Waals surface area contributed by atoms with Crippen LogP contribution < -0.4 is 4.74 Å². The van der Waals surface area contributed by atoms with Crippen molar-refractivity contribution in [3.8, 4) is 5.75 Å². The van der Waals surface area contributed by atoms with Crippen molar-refractivity contribution in [3.05, 3.63) is 33.3 Å². The highest BCUT2D eigenvalue weighted by molar-refractivity contribution is 6.30. The minimum Gasteiger partial charge on any atom is -0.486 e. The molecule has 0 aliphatic heterocycles. The standard InChI is InChI=1S/C10H10ClNO5/c1-16-10(13)4-5-17-9-3-2-7(11)6-8(9)12(14)15/h2-3,6H,4-5H2,1H3. The summed E-state index contributed by atoms with van der Waals surface area (Å²) in [7, 11) is 1.26. The van der Waals surface area contributed by atoms with Gasteiger partial charge in [-0.25, -0.2) is 0 Å². The van der Waals surface area contributed by atoms with Crippen molar-refractivity contribution >= 4 is 23.3 Å². The van der Waals surface area contributed by atoms with Gasteiger partial charge in [-0.15, -0.1) is 0 Å². The summed E-state index contributed by atoms with van der Waals surface area (Å²) in [6.45, 7) is 0.00907. The second-order valence-corrected chi connectivity index (χ2v) is 3.48. The third-order valence-electron chi connectivity index (χ3n) is 1.91. The fourth-order valence-corrected chi connectivity index (χ4v) is 1.27. The molecule has 0 spiro atoms. The van der Waals surface area contributed by atoms with E-state index >= 15 is 0 Å². The van der Waals surface area contributed by atoms with Gasteiger partial charge in [0, 0.05) is 11.1 Å². The molecule has 0 aliphatic rings. The van der Waals surface area contributed by atoms with Gasteiger partial charge in [-0.1, -0.05) is 11.6 Å². The molecule has 0 saturated heterocycles. The molecule has 1 aromatic rings. The number of nitro benzene ring substituents is 1. The van der Waals surface area contributed by atoms with Crippen LogP contribution in [0.3, 0.4) is 0 Å². The predicted molar refractivity (Wildman–Crippen MR) is 60.2 cm³/mol. The van der Waals surface area contributed by atoms with Crippen LogP contribution in [0, 0.1) is 10.1 Å². The number of esters is 1. The topological polar surface area (TPSA) is 78.7 Å². The van der Waals surface area contributed by atoms with Gasteiger partial charge in [0.15, 0.2) is 5.75 Å². The van der Waals surface area contributed by atoms with Crippen LogP contribution in [0.1, 0.15) is 6.42 Å². The van der Waals surface area contributed by atoms with Gasteiger partial charge < -0.3 is 9.47 Å². The first kappa shape index (κ1) is 13.2. The van der Waals surface area contributed by atoms with E-state index in [-0.39, 0.29) is 29.5 Å². The van der Waals surface area contributed by atoms with Crippen LogP contribution in [-0.4, -0.2) is 24.6 Å². The summed E-state index contributed by atoms with van der Waals surface area (Å²) in [5.41, 5.74) is -0.234. The molecule has 1 rings (SSSR count). The minimum atomic E-state index is -0.598. The highest BCUT2D eigenvalue weighted by Crippen LogP contribution is 2.29. The normalized spacial score (nSPS) is 9.76. The maximum absolute atomic E-state index is 10.8. The van der Waals surface area contributed by atoms with Crippen molar-refractivity contribution in [1.29, 1.82) is 0 Å². The molecule has 92 valence electrons. The zero-order valence-electron chi connectivity index (χ0n) is 9.01. The highest BCUT2D eigenvalue weighted by Gasteiger charge is 2.15. The summed E-state index contributed by atoms with van der Waals surface area (Å²) in [5, 5.41) is 10.9. The quantitative estimate of drug-likeness (QED) is 0.460. The summed E-state index contributed by atoms with van der Waals surface area (Å²) in [6.07, 6.45) is 0.0241. The number of hydrogen-bond acceptors (Lipinski definition) is 5. The van der Waals surface area contributed by atoms with E-state index in [9.17, 15) is 14.9 Å². The number of carbonyl (C=O) groups is 1. The average molecular weight is 260 g/mol. The lowest BCUT2D eigenvalue weighted by molar-refractivity contribution is -0.385. The van der Waals surface area contributed by atoms with Crippen molar-refractivity contribution in [3.63, 3.8) is 0 Å². The van der Waals surface area contributed by atoms with E-state index in [0.29, 0.717) is 0 Å². The van der Waals surface area contributed by atoms with Crippen LogP contribution in [0.5, 0.6) is 5.75 Å². The number of rotatable bonds is 5. The molecule has 0 bridgehead atoms. The average Bonchev–Trinajstić information content (AvgIpc) is 2.30. The van der Waals surface area contributed by atoms with E-state index in [0.717, 1.165) is 0 Å². The summed E-state index contributed by atoms with van der Waals surface area (Å²) in [4.78, 5) is 20.9. The lowest BCUT2D eigenvalue weighted by Crippen LogP contribution is -2.08.